The second-order valence-corrected chi connectivity index (χ2v) is 6.30. The molecule has 19 heavy (non-hydrogen) atoms. The Morgan fingerprint density at radius 3 is 2.47 bits per heavy atom. The molecule has 0 radical (unpaired) electrons. The maximum atomic E-state index is 5.51. The number of nitrogens with one attached hydrogen (secondary N) is 1. The van der Waals surface area contributed by atoms with Gasteiger partial charge in [0, 0.05) is 25.7 Å². The van der Waals surface area contributed by atoms with Crippen molar-refractivity contribution in [2.24, 2.45) is 0 Å². The lowest BCUT2D eigenvalue weighted by molar-refractivity contribution is 0.399. The standard InChI is InChI=1S/C14H28N4O/c1-14(2,3)15-10-12-11-19-13(16-12)18(6)9-7-8-17(4)5/h11,15H,7-10H2,1-6H3. The molecule has 0 saturated heterocycles. The lowest BCUT2D eigenvalue weighted by Crippen LogP contribution is -2.35. The van der Waals surface area contributed by atoms with Gasteiger partial charge in [-0.3, -0.25) is 0 Å². The predicted octanol–water partition coefficient (Wildman–Crippen LogP) is 1.95. The van der Waals surface area contributed by atoms with E-state index in [1.165, 1.54) is 0 Å². The summed E-state index contributed by atoms with van der Waals surface area (Å²) in [6.07, 6.45) is 2.83. The van der Waals surface area contributed by atoms with Crippen molar-refractivity contribution in [2.45, 2.75) is 39.3 Å². The molecule has 0 aromatic carbocycles. The van der Waals surface area contributed by atoms with Gasteiger partial charge in [-0.25, -0.2) is 0 Å². The molecular weight excluding hydrogens is 240 g/mol. The van der Waals surface area contributed by atoms with Crippen LogP contribution in [0.3, 0.4) is 0 Å². The Kier molecular flexibility index (Phi) is 5.82. The van der Waals surface area contributed by atoms with Crippen molar-refractivity contribution in [1.82, 2.24) is 15.2 Å². The van der Waals surface area contributed by atoms with Gasteiger partial charge in [0.1, 0.15) is 6.26 Å². The summed E-state index contributed by atoms with van der Waals surface area (Å²) in [4.78, 5) is 8.74. The number of hydrogen-bond donors (Lipinski definition) is 1. The van der Waals surface area contributed by atoms with E-state index in [2.05, 4.69) is 55.0 Å². The lowest BCUT2D eigenvalue weighted by Gasteiger charge is -2.19. The lowest BCUT2D eigenvalue weighted by atomic mass is 10.1. The summed E-state index contributed by atoms with van der Waals surface area (Å²) in [6.45, 7) is 9.18. The number of anilines is 1. The molecule has 5 nitrogen and oxygen atoms in total. The first-order valence-corrected chi connectivity index (χ1v) is 6.83. The molecule has 0 atom stereocenters. The minimum atomic E-state index is 0.0940. The quantitative estimate of drug-likeness (QED) is 0.819. The van der Waals surface area contributed by atoms with Gasteiger partial charge >= 0.3 is 0 Å². The van der Waals surface area contributed by atoms with Gasteiger partial charge in [-0.1, -0.05) is 0 Å². The van der Waals surface area contributed by atoms with Gasteiger partial charge in [0.05, 0.1) is 5.69 Å². The third kappa shape index (κ3) is 6.59. The van der Waals surface area contributed by atoms with E-state index in [-0.39, 0.29) is 5.54 Å². The Bertz CT molecular complexity index is 368. The Labute approximate surface area is 117 Å². The topological polar surface area (TPSA) is 44.5 Å². The Morgan fingerprint density at radius 2 is 1.89 bits per heavy atom. The van der Waals surface area contributed by atoms with Crippen molar-refractivity contribution in [2.75, 3.05) is 39.1 Å². The molecule has 0 aliphatic heterocycles. The Morgan fingerprint density at radius 1 is 1.21 bits per heavy atom. The molecule has 1 aromatic rings. The summed E-state index contributed by atoms with van der Waals surface area (Å²) in [5, 5.41) is 3.40. The van der Waals surface area contributed by atoms with Crippen LogP contribution >= 0.6 is 0 Å². The molecule has 1 heterocycles. The molecule has 0 aliphatic rings. The minimum Gasteiger partial charge on any atom is -0.432 e. The van der Waals surface area contributed by atoms with Crippen LogP contribution in [0.1, 0.15) is 32.9 Å². The Balaban J connectivity index is 2.40. The summed E-state index contributed by atoms with van der Waals surface area (Å²) in [5.41, 5.74) is 1.04. The zero-order valence-electron chi connectivity index (χ0n) is 13.2. The molecule has 0 amide bonds. The summed E-state index contributed by atoms with van der Waals surface area (Å²) in [6, 6.07) is 0.699. The van der Waals surface area contributed by atoms with Gasteiger partial charge < -0.3 is 19.5 Å². The normalized spacial score (nSPS) is 12.2. The van der Waals surface area contributed by atoms with E-state index in [4.69, 9.17) is 4.42 Å². The van der Waals surface area contributed by atoms with Crippen LogP contribution in [0.15, 0.2) is 10.7 Å². The zero-order chi connectivity index (χ0) is 14.5. The second-order valence-electron chi connectivity index (χ2n) is 6.30. The molecule has 1 rings (SSSR count). The molecule has 1 aromatic heterocycles. The molecule has 0 spiro atoms. The van der Waals surface area contributed by atoms with Crippen molar-refractivity contribution >= 4 is 6.01 Å². The average Bonchev–Trinajstić information content (AvgIpc) is 2.73. The van der Waals surface area contributed by atoms with Crippen LogP contribution in [0, 0.1) is 0 Å². The second kappa shape index (κ2) is 6.91. The van der Waals surface area contributed by atoms with E-state index >= 15 is 0 Å². The molecule has 5 heteroatoms. The Hall–Kier alpha value is -1.07. The fraction of sp³-hybridized carbons (Fsp3) is 0.786. The smallest absolute Gasteiger partial charge is 0.297 e. The highest BCUT2D eigenvalue weighted by molar-refractivity contribution is 5.25. The highest BCUT2D eigenvalue weighted by atomic mass is 16.4. The molecular formula is C14H28N4O. The van der Waals surface area contributed by atoms with Crippen molar-refractivity contribution in [3.05, 3.63) is 12.0 Å². The number of oxazole rings is 1. The van der Waals surface area contributed by atoms with Gasteiger partial charge in [0.25, 0.3) is 6.01 Å². The van der Waals surface area contributed by atoms with Crippen LogP contribution in [0.25, 0.3) is 0 Å². The molecule has 0 saturated carbocycles. The first-order valence-electron chi connectivity index (χ1n) is 6.83. The third-order valence-electron chi connectivity index (χ3n) is 2.76. The van der Waals surface area contributed by atoms with E-state index in [1.807, 2.05) is 7.05 Å². The van der Waals surface area contributed by atoms with Crippen molar-refractivity contribution < 1.29 is 4.42 Å². The van der Waals surface area contributed by atoms with E-state index in [1.54, 1.807) is 6.26 Å². The molecule has 0 fully saturated rings. The van der Waals surface area contributed by atoms with Crippen LogP contribution in [-0.2, 0) is 6.54 Å². The van der Waals surface area contributed by atoms with E-state index in [0.29, 0.717) is 6.01 Å². The van der Waals surface area contributed by atoms with Crippen LogP contribution in [-0.4, -0.2) is 49.7 Å². The predicted molar refractivity (Wildman–Crippen MR) is 79.5 cm³/mol. The average molecular weight is 268 g/mol. The SMILES string of the molecule is CN(C)CCCN(C)c1nc(CNC(C)(C)C)co1. The monoisotopic (exact) mass is 268 g/mol. The van der Waals surface area contributed by atoms with Crippen LogP contribution in [0.4, 0.5) is 6.01 Å². The molecule has 0 aliphatic carbocycles. The van der Waals surface area contributed by atoms with E-state index < -0.39 is 0 Å². The van der Waals surface area contributed by atoms with E-state index in [0.717, 1.165) is 31.7 Å². The summed E-state index contributed by atoms with van der Waals surface area (Å²) in [7, 11) is 6.19. The maximum absolute atomic E-state index is 5.51. The maximum Gasteiger partial charge on any atom is 0.297 e. The molecule has 110 valence electrons. The van der Waals surface area contributed by atoms with Gasteiger partial charge in [-0.2, -0.15) is 4.98 Å². The minimum absolute atomic E-state index is 0.0940. The largest absolute Gasteiger partial charge is 0.432 e. The zero-order valence-corrected chi connectivity index (χ0v) is 13.2. The molecule has 1 N–H and O–H groups in total. The first-order chi connectivity index (χ1) is 8.78. The van der Waals surface area contributed by atoms with Crippen molar-refractivity contribution in [3.63, 3.8) is 0 Å². The number of rotatable bonds is 7. The number of hydrogen-bond acceptors (Lipinski definition) is 5. The summed E-state index contributed by atoms with van der Waals surface area (Å²) in [5.74, 6) is 0. The summed E-state index contributed by atoms with van der Waals surface area (Å²) < 4.78 is 5.51. The highest BCUT2D eigenvalue weighted by Gasteiger charge is 2.12. The van der Waals surface area contributed by atoms with E-state index in [9.17, 15) is 0 Å². The fourth-order valence-corrected chi connectivity index (χ4v) is 1.63. The molecule has 0 unspecified atom stereocenters. The fourth-order valence-electron chi connectivity index (χ4n) is 1.63. The van der Waals surface area contributed by atoms with Crippen LogP contribution in [0.5, 0.6) is 0 Å². The number of nitrogens with zero attached hydrogens (tertiary/aromatic N) is 3. The highest BCUT2D eigenvalue weighted by Crippen LogP contribution is 2.13. The van der Waals surface area contributed by atoms with Crippen LogP contribution in [0.2, 0.25) is 0 Å². The van der Waals surface area contributed by atoms with Crippen LogP contribution < -0.4 is 10.2 Å². The summed E-state index contributed by atoms with van der Waals surface area (Å²) >= 11 is 0. The van der Waals surface area contributed by atoms with Gasteiger partial charge in [-0.05, 0) is 47.8 Å². The van der Waals surface area contributed by atoms with Crippen molar-refractivity contribution in [1.29, 1.82) is 0 Å². The first kappa shape index (κ1) is 16.0. The van der Waals surface area contributed by atoms with Gasteiger partial charge in [0.2, 0.25) is 0 Å². The van der Waals surface area contributed by atoms with Crippen molar-refractivity contribution in [3.8, 4) is 0 Å². The van der Waals surface area contributed by atoms with Gasteiger partial charge in [0.15, 0.2) is 0 Å². The number of aromatic nitrogens is 1. The molecule has 0 bridgehead atoms. The van der Waals surface area contributed by atoms with Gasteiger partial charge in [-0.15, -0.1) is 0 Å². The third-order valence-corrected chi connectivity index (χ3v) is 2.76.